The molecule has 1 atom stereocenters. The van der Waals surface area contributed by atoms with Crippen LogP contribution >= 0.6 is 0 Å². The fourth-order valence-electron chi connectivity index (χ4n) is 4.31. The molecule has 0 spiro atoms. The molecule has 0 aliphatic rings. The average Bonchev–Trinajstić information content (AvgIpc) is 3.39. The van der Waals surface area contributed by atoms with E-state index in [0.717, 1.165) is 58.0 Å². The van der Waals surface area contributed by atoms with Crippen LogP contribution in [0, 0.1) is 0 Å². The number of Topliss-reactive ketones (excluding diaryl/α,β-unsaturated/α-hetero) is 1. The van der Waals surface area contributed by atoms with Gasteiger partial charge in [-0.15, -0.1) is 0 Å². The highest BCUT2D eigenvalue weighted by Crippen LogP contribution is 2.24. The van der Waals surface area contributed by atoms with E-state index in [2.05, 4.69) is 47.7 Å². The molecule has 4 rings (SSSR count). The first kappa shape index (κ1) is 28.2. The Morgan fingerprint density at radius 2 is 1.74 bits per heavy atom. The van der Waals surface area contributed by atoms with E-state index in [4.69, 9.17) is 4.74 Å². The average molecular weight is 541 g/mol. The van der Waals surface area contributed by atoms with Crippen molar-refractivity contribution in [3.8, 4) is 16.9 Å². The third-order valence-corrected chi connectivity index (χ3v) is 7.82. The van der Waals surface area contributed by atoms with Gasteiger partial charge in [-0.1, -0.05) is 56.3 Å². The Hall–Kier alpha value is -3.77. The number of nitrogens with zero attached hydrogens (tertiary/aromatic N) is 2. The molecule has 0 aliphatic heterocycles. The number of imidazole rings is 1. The lowest BCUT2D eigenvalue weighted by Gasteiger charge is -2.08. The molecule has 0 saturated heterocycles. The zero-order valence-corrected chi connectivity index (χ0v) is 23.7. The molecule has 3 aromatic carbocycles. The summed E-state index contributed by atoms with van der Waals surface area (Å²) >= 11 is 0. The smallest absolute Gasteiger partial charge is 0.162 e. The van der Waals surface area contributed by atoms with E-state index < -0.39 is 10.8 Å². The normalized spacial score (nSPS) is 12.3. The van der Waals surface area contributed by atoms with Gasteiger partial charge in [0.1, 0.15) is 5.75 Å². The number of allylic oxidation sites excluding steroid dienone is 1. The van der Waals surface area contributed by atoms with Crippen molar-refractivity contribution in [3.05, 3.63) is 108 Å². The summed E-state index contributed by atoms with van der Waals surface area (Å²) in [5.74, 6) is 1.36. The summed E-state index contributed by atoms with van der Waals surface area (Å²) in [5.41, 5.74) is 5.75. The molecule has 0 bridgehead atoms. The lowest BCUT2D eigenvalue weighted by atomic mass is 9.99. The van der Waals surface area contributed by atoms with Crippen LogP contribution < -0.4 is 4.74 Å². The van der Waals surface area contributed by atoms with E-state index in [9.17, 15) is 9.00 Å². The number of aryl methyl sites for hydroxylation is 1. The van der Waals surface area contributed by atoms with Crippen LogP contribution in [-0.4, -0.2) is 26.2 Å². The summed E-state index contributed by atoms with van der Waals surface area (Å²) in [7, 11) is -1.17. The monoisotopic (exact) mass is 540 g/mol. The maximum atomic E-state index is 13.0. The molecule has 39 heavy (non-hydrogen) atoms. The molecule has 202 valence electrons. The third kappa shape index (κ3) is 7.87. The number of ketones is 1. The molecule has 0 unspecified atom stereocenters. The van der Waals surface area contributed by atoms with E-state index in [1.807, 2.05) is 61.5 Å². The molecule has 0 saturated carbocycles. The van der Waals surface area contributed by atoms with Gasteiger partial charge in [0.05, 0.1) is 35.2 Å². The number of ether oxygens (including phenoxy) is 1. The Morgan fingerprint density at radius 3 is 2.46 bits per heavy atom. The molecule has 0 radical (unpaired) electrons. The Bertz CT molecular complexity index is 1440. The predicted molar refractivity (Wildman–Crippen MR) is 159 cm³/mol. The van der Waals surface area contributed by atoms with Crippen molar-refractivity contribution in [3.63, 3.8) is 0 Å². The molecule has 5 nitrogen and oxygen atoms in total. The van der Waals surface area contributed by atoms with Gasteiger partial charge in [-0.25, -0.2) is 4.98 Å². The molecule has 6 heteroatoms. The van der Waals surface area contributed by atoms with Crippen molar-refractivity contribution in [2.45, 2.75) is 57.2 Å². The van der Waals surface area contributed by atoms with Crippen molar-refractivity contribution in [2.24, 2.45) is 0 Å². The van der Waals surface area contributed by atoms with Crippen molar-refractivity contribution >= 4 is 22.7 Å². The number of hydrogen-bond acceptors (Lipinski definition) is 4. The number of rotatable bonds is 13. The minimum Gasteiger partial charge on any atom is -0.494 e. The lowest BCUT2D eigenvalue weighted by Crippen LogP contribution is -2.06. The van der Waals surface area contributed by atoms with Gasteiger partial charge in [0.2, 0.25) is 0 Å². The summed E-state index contributed by atoms with van der Waals surface area (Å²) < 4.78 is 20.6. The van der Waals surface area contributed by atoms with Gasteiger partial charge < -0.3 is 9.30 Å². The van der Waals surface area contributed by atoms with Gasteiger partial charge >= 0.3 is 0 Å². The van der Waals surface area contributed by atoms with Gasteiger partial charge in [-0.3, -0.25) is 9.00 Å². The second-order valence-electron chi connectivity index (χ2n) is 9.64. The Balaban J connectivity index is 1.37. The summed E-state index contributed by atoms with van der Waals surface area (Å²) in [5, 5.41) is 0. The van der Waals surface area contributed by atoms with Crippen molar-refractivity contribution in [1.82, 2.24) is 9.55 Å². The van der Waals surface area contributed by atoms with Crippen LogP contribution in [0.4, 0.5) is 0 Å². The fraction of sp³-hybridized carbons (Fsp3) is 0.273. The molecule has 0 aliphatic carbocycles. The van der Waals surface area contributed by atoms with Crippen LogP contribution in [0.15, 0.2) is 95.8 Å². The molecular weight excluding hydrogens is 504 g/mol. The highest BCUT2D eigenvalue weighted by atomic mass is 32.2. The molecular formula is C33H36N2O3S. The topological polar surface area (TPSA) is 61.2 Å². The van der Waals surface area contributed by atoms with Crippen LogP contribution in [0.2, 0.25) is 0 Å². The number of benzene rings is 3. The van der Waals surface area contributed by atoms with Crippen LogP contribution in [0.1, 0.15) is 50.4 Å². The molecule has 0 fully saturated rings. The highest BCUT2D eigenvalue weighted by Gasteiger charge is 2.11. The van der Waals surface area contributed by atoms with Crippen molar-refractivity contribution in [2.75, 3.05) is 6.61 Å². The quantitative estimate of drug-likeness (QED) is 0.167. The molecule has 1 heterocycles. The Kier molecular flexibility index (Phi) is 10.0. The first-order chi connectivity index (χ1) is 19.0. The van der Waals surface area contributed by atoms with Crippen molar-refractivity contribution < 1.29 is 13.7 Å². The molecule has 1 aromatic heterocycles. The number of aromatic nitrogens is 2. The summed E-state index contributed by atoms with van der Waals surface area (Å²) in [4.78, 5) is 17.9. The minimum absolute atomic E-state index is 0.0650. The van der Waals surface area contributed by atoms with Crippen LogP contribution in [0.25, 0.3) is 17.2 Å². The number of carbonyl (C=O) groups is 1. The van der Waals surface area contributed by atoms with Crippen molar-refractivity contribution in [1.29, 1.82) is 0 Å². The van der Waals surface area contributed by atoms with E-state index in [1.54, 1.807) is 12.5 Å². The largest absolute Gasteiger partial charge is 0.494 e. The van der Waals surface area contributed by atoms with Gasteiger partial charge in [-0.05, 0) is 84.0 Å². The first-order valence-corrected chi connectivity index (χ1v) is 14.8. The summed E-state index contributed by atoms with van der Waals surface area (Å²) in [6.07, 6.45) is 7.79. The second kappa shape index (κ2) is 13.9. The van der Waals surface area contributed by atoms with Gasteiger partial charge in [0, 0.05) is 24.1 Å². The molecule has 4 aromatic rings. The minimum atomic E-state index is -1.17. The third-order valence-electron chi connectivity index (χ3n) is 6.46. The second-order valence-corrected chi connectivity index (χ2v) is 11.1. The van der Waals surface area contributed by atoms with E-state index in [-0.39, 0.29) is 5.78 Å². The van der Waals surface area contributed by atoms with Crippen LogP contribution in [0.5, 0.6) is 5.75 Å². The Labute approximate surface area is 234 Å². The lowest BCUT2D eigenvalue weighted by molar-refractivity contribution is -0.114. The van der Waals surface area contributed by atoms with Crippen LogP contribution in [-0.2, 0) is 34.3 Å². The summed E-state index contributed by atoms with van der Waals surface area (Å²) in [6, 6.07) is 23.8. The number of hydrogen-bond donors (Lipinski definition) is 0. The van der Waals surface area contributed by atoms with E-state index in [1.165, 1.54) is 0 Å². The molecule has 0 N–H and O–H groups in total. The number of carbonyl (C=O) groups excluding carboxylic acids is 1. The Morgan fingerprint density at radius 1 is 0.974 bits per heavy atom. The zero-order chi connectivity index (χ0) is 27.6. The summed E-state index contributed by atoms with van der Waals surface area (Å²) in [6.45, 7) is 7.64. The van der Waals surface area contributed by atoms with Gasteiger partial charge in [-0.2, -0.15) is 0 Å². The predicted octanol–water partition coefficient (Wildman–Crippen LogP) is 7.27. The maximum absolute atomic E-state index is 13.0. The van der Waals surface area contributed by atoms with Gasteiger partial charge in [0.15, 0.2) is 5.78 Å². The highest BCUT2D eigenvalue weighted by molar-refractivity contribution is 7.84. The molecule has 0 amide bonds. The standard InChI is InChI=1S/C33H36N2O3S/c1-4-17-35-24-34-22-30(35)23-39(37)32-15-9-26(10-16-32)21-33(36)25(3)19-27-7-6-8-29(20-27)28-11-13-31(14-12-28)38-18-5-2/h6-16,19-20,22,24H,4-5,17-18,21,23H2,1-3H3/b25-19+/t39-/m1/s1. The maximum Gasteiger partial charge on any atom is 0.162 e. The SMILES string of the molecule is CCCOc1ccc(-c2cccc(/C=C(\C)C(=O)Cc3ccc([S@](=O)Cc4cncn4CCC)cc3)c2)cc1. The first-order valence-electron chi connectivity index (χ1n) is 13.5. The van der Waals surface area contributed by atoms with E-state index >= 15 is 0 Å². The zero-order valence-electron chi connectivity index (χ0n) is 22.9. The van der Waals surface area contributed by atoms with Gasteiger partial charge in [0.25, 0.3) is 0 Å². The van der Waals surface area contributed by atoms with Crippen LogP contribution in [0.3, 0.4) is 0 Å². The fourth-order valence-corrected chi connectivity index (χ4v) is 5.43. The van der Waals surface area contributed by atoms with E-state index in [0.29, 0.717) is 24.4 Å².